The minimum atomic E-state index is -0.511. The minimum Gasteiger partial charge on any atom is -0.444 e. The van der Waals surface area contributed by atoms with E-state index in [0.29, 0.717) is 6.54 Å². The second-order valence-corrected chi connectivity index (χ2v) is 6.08. The highest BCUT2D eigenvalue weighted by molar-refractivity contribution is 5.69. The van der Waals surface area contributed by atoms with E-state index in [2.05, 4.69) is 0 Å². The van der Waals surface area contributed by atoms with Crippen LogP contribution in [0.1, 0.15) is 40.5 Å². The Bertz CT molecular complexity index is 324. The zero-order valence-corrected chi connectivity index (χ0v) is 12.5. The Kier molecular flexibility index (Phi) is 5.35. The van der Waals surface area contributed by atoms with E-state index >= 15 is 0 Å². The molecule has 0 radical (unpaired) electrons. The Labute approximate surface area is 115 Å². The van der Waals surface area contributed by atoms with Gasteiger partial charge in [-0.3, -0.25) is 0 Å². The third-order valence-electron chi connectivity index (χ3n) is 3.31. The lowest BCUT2D eigenvalue weighted by Gasteiger charge is -2.33. The molecular weight excluding hydrogens is 246 g/mol. The van der Waals surface area contributed by atoms with E-state index < -0.39 is 5.60 Å². The van der Waals surface area contributed by atoms with Crippen LogP contribution in [-0.2, 0) is 14.3 Å². The minimum absolute atomic E-state index is 0.0833. The number of rotatable bonds is 4. The third kappa shape index (κ3) is 4.20. The van der Waals surface area contributed by atoms with E-state index in [1.165, 1.54) is 0 Å². The zero-order chi connectivity index (χ0) is 14.6. The lowest BCUT2D eigenvalue weighted by atomic mass is 9.97. The molecule has 1 rings (SSSR count). The topological polar surface area (TPSA) is 55.8 Å². The fraction of sp³-hybridized carbons (Fsp3) is 0.857. The van der Waals surface area contributed by atoms with Crippen LogP contribution < -0.4 is 0 Å². The highest BCUT2D eigenvalue weighted by Crippen LogP contribution is 2.27. The summed E-state index contributed by atoms with van der Waals surface area (Å²) in [5.41, 5.74) is -0.511. The molecular formula is C14H25NO4. The predicted octanol–water partition coefficient (Wildman–Crippen LogP) is 2.24. The van der Waals surface area contributed by atoms with Gasteiger partial charge in [-0.1, -0.05) is 6.92 Å². The number of hydrogen-bond donors (Lipinski definition) is 0. The van der Waals surface area contributed by atoms with E-state index in [1.807, 2.05) is 27.7 Å². The molecule has 5 nitrogen and oxygen atoms in total. The molecule has 1 heterocycles. The van der Waals surface area contributed by atoms with Crippen LogP contribution in [0, 0.1) is 5.92 Å². The quantitative estimate of drug-likeness (QED) is 0.736. The number of aldehydes is 1. The van der Waals surface area contributed by atoms with Crippen molar-refractivity contribution in [3.05, 3.63) is 0 Å². The standard InChI is InChI=1S/C14H25NO4/c1-10(9-16)12(18-5)11-7-6-8-15(11)13(17)19-14(2,3)4/h9-12H,6-8H2,1-5H3/t10-,11-,12+/m0/s1. The van der Waals surface area contributed by atoms with E-state index in [9.17, 15) is 9.59 Å². The summed E-state index contributed by atoms with van der Waals surface area (Å²) >= 11 is 0. The van der Waals surface area contributed by atoms with Crippen LogP contribution in [0.25, 0.3) is 0 Å². The molecule has 0 unspecified atom stereocenters. The molecule has 1 amide bonds. The highest BCUT2D eigenvalue weighted by atomic mass is 16.6. The van der Waals surface area contributed by atoms with Gasteiger partial charge in [0, 0.05) is 19.6 Å². The molecule has 110 valence electrons. The maximum Gasteiger partial charge on any atom is 0.410 e. The second-order valence-electron chi connectivity index (χ2n) is 6.08. The Balaban J connectivity index is 2.77. The van der Waals surface area contributed by atoms with Crippen LogP contribution in [0.3, 0.4) is 0 Å². The molecule has 0 aromatic heterocycles. The van der Waals surface area contributed by atoms with Crippen molar-refractivity contribution in [3.63, 3.8) is 0 Å². The molecule has 3 atom stereocenters. The van der Waals surface area contributed by atoms with Gasteiger partial charge in [0.1, 0.15) is 11.9 Å². The summed E-state index contributed by atoms with van der Waals surface area (Å²) in [5.74, 6) is -0.238. The van der Waals surface area contributed by atoms with Crippen molar-refractivity contribution in [2.24, 2.45) is 5.92 Å². The van der Waals surface area contributed by atoms with Gasteiger partial charge in [0.05, 0.1) is 12.1 Å². The molecule has 0 saturated carbocycles. The highest BCUT2D eigenvalue weighted by Gasteiger charge is 2.39. The number of nitrogens with zero attached hydrogens (tertiary/aromatic N) is 1. The van der Waals surface area contributed by atoms with Crippen molar-refractivity contribution in [2.75, 3.05) is 13.7 Å². The number of likely N-dealkylation sites (tertiary alicyclic amines) is 1. The van der Waals surface area contributed by atoms with Crippen LogP contribution in [0.15, 0.2) is 0 Å². The molecule has 19 heavy (non-hydrogen) atoms. The third-order valence-corrected chi connectivity index (χ3v) is 3.31. The first-order valence-corrected chi connectivity index (χ1v) is 6.78. The molecule has 0 aromatic rings. The smallest absolute Gasteiger partial charge is 0.410 e. The molecule has 1 saturated heterocycles. The number of methoxy groups -OCH3 is 1. The summed E-state index contributed by atoms with van der Waals surface area (Å²) in [6.45, 7) is 8.01. The predicted molar refractivity (Wildman–Crippen MR) is 72.0 cm³/mol. The number of hydrogen-bond acceptors (Lipinski definition) is 4. The van der Waals surface area contributed by atoms with Crippen molar-refractivity contribution in [2.45, 2.75) is 58.3 Å². The molecule has 0 spiro atoms. The van der Waals surface area contributed by atoms with Gasteiger partial charge in [0.25, 0.3) is 0 Å². The number of carbonyl (C=O) groups excluding carboxylic acids is 2. The van der Waals surface area contributed by atoms with Gasteiger partial charge in [0.15, 0.2) is 0 Å². The molecule has 0 N–H and O–H groups in total. The summed E-state index contributed by atoms with van der Waals surface area (Å²) in [4.78, 5) is 24.8. The normalized spacial score (nSPS) is 23.0. The van der Waals surface area contributed by atoms with Crippen molar-refractivity contribution < 1.29 is 19.1 Å². The number of carbonyl (C=O) groups is 2. The Morgan fingerprint density at radius 3 is 2.53 bits per heavy atom. The van der Waals surface area contributed by atoms with Gasteiger partial charge in [-0.2, -0.15) is 0 Å². The van der Waals surface area contributed by atoms with E-state index in [0.717, 1.165) is 19.1 Å². The Hall–Kier alpha value is -1.10. The lowest BCUT2D eigenvalue weighted by molar-refractivity contribution is -0.116. The monoisotopic (exact) mass is 271 g/mol. The summed E-state index contributed by atoms with van der Waals surface area (Å²) < 4.78 is 10.8. The van der Waals surface area contributed by atoms with Crippen LogP contribution >= 0.6 is 0 Å². The molecule has 0 aromatic carbocycles. The molecule has 1 fully saturated rings. The fourth-order valence-corrected chi connectivity index (χ4v) is 2.48. The molecule has 0 aliphatic carbocycles. The Morgan fingerprint density at radius 2 is 2.05 bits per heavy atom. The summed E-state index contributed by atoms with van der Waals surface area (Å²) in [6.07, 6.45) is 2.04. The van der Waals surface area contributed by atoms with Gasteiger partial charge >= 0.3 is 6.09 Å². The van der Waals surface area contributed by atoms with Gasteiger partial charge in [0.2, 0.25) is 0 Å². The maximum absolute atomic E-state index is 12.2. The van der Waals surface area contributed by atoms with Gasteiger partial charge in [-0.15, -0.1) is 0 Å². The van der Waals surface area contributed by atoms with Crippen LogP contribution in [-0.4, -0.2) is 48.7 Å². The van der Waals surface area contributed by atoms with E-state index in [4.69, 9.17) is 9.47 Å². The van der Waals surface area contributed by atoms with E-state index in [1.54, 1.807) is 12.0 Å². The van der Waals surface area contributed by atoms with Crippen LogP contribution in [0.4, 0.5) is 4.79 Å². The second kappa shape index (κ2) is 6.37. The summed E-state index contributed by atoms with van der Waals surface area (Å²) in [6, 6.07) is -0.0833. The first-order chi connectivity index (χ1) is 8.80. The fourth-order valence-electron chi connectivity index (χ4n) is 2.48. The van der Waals surface area contributed by atoms with Gasteiger partial charge < -0.3 is 19.2 Å². The van der Waals surface area contributed by atoms with Gasteiger partial charge in [-0.05, 0) is 33.6 Å². The first-order valence-electron chi connectivity index (χ1n) is 6.78. The van der Waals surface area contributed by atoms with Crippen molar-refractivity contribution >= 4 is 12.4 Å². The van der Waals surface area contributed by atoms with Gasteiger partial charge in [-0.25, -0.2) is 4.79 Å². The average molecular weight is 271 g/mol. The van der Waals surface area contributed by atoms with Crippen LogP contribution in [0.5, 0.6) is 0 Å². The Morgan fingerprint density at radius 1 is 1.42 bits per heavy atom. The van der Waals surface area contributed by atoms with Crippen molar-refractivity contribution in [1.29, 1.82) is 0 Å². The number of amides is 1. The zero-order valence-electron chi connectivity index (χ0n) is 12.5. The van der Waals surface area contributed by atoms with Crippen molar-refractivity contribution in [1.82, 2.24) is 4.90 Å². The largest absolute Gasteiger partial charge is 0.444 e. The molecule has 1 aliphatic heterocycles. The van der Waals surface area contributed by atoms with Crippen LogP contribution in [0.2, 0.25) is 0 Å². The number of ether oxygens (including phenoxy) is 2. The molecule has 0 bridgehead atoms. The average Bonchev–Trinajstić information content (AvgIpc) is 2.76. The first kappa shape index (κ1) is 16.0. The molecule has 1 aliphatic rings. The lowest BCUT2D eigenvalue weighted by Crippen LogP contribution is -2.48. The molecule has 5 heteroatoms. The summed E-state index contributed by atoms with van der Waals surface area (Å²) in [5, 5.41) is 0. The SMILES string of the molecule is CO[C@H]([C@@H](C)C=O)[C@@H]1CCCN1C(=O)OC(C)(C)C. The van der Waals surface area contributed by atoms with Crippen molar-refractivity contribution in [3.8, 4) is 0 Å². The van der Waals surface area contributed by atoms with E-state index in [-0.39, 0.29) is 24.2 Å². The summed E-state index contributed by atoms with van der Waals surface area (Å²) in [7, 11) is 1.58. The maximum atomic E-state index is 12.2.